The number of hydrogen-bond acceptors (Lipinski definition) is 2. The van der Waals surface area contributed by atoms with Crippen LogP contribution in [-0.2, 0) is 9.53 Å². The minimum absolute atomic E-state index is 0.360. The maximum atomic E-state index is 12.1. The highest BCUT2D eigenvalue weighted by Crippen LogP contribution is 2.45. The Morgan fingerprint density at radius 1 is 0.913 bits per heavy atom. The van der Waals surface area contributed by atoms with Crippen molar-refractivity contribution >= 4 is 16.7 Å². The first-order valence-corrected chi connectivity index (χ1v) is 7.64. The lowest BCUT2D eigenvalue weighted by molar-refractivity contribution is -0.142. The molecule has 4 rings (SSSR count). The van der Waals surface area contributed by atoms with Crippen LogP contribution in [-0.4, -0.2) is 5.97 Å². The fourth-order valence-corrected chi connectivity index (χ4v) is 3.29. The second-order valence-corrected chi connectivity index (χ2v) is 5.90. The lowest BCUT2D eigenvalue weighted by Crippen LogP contribution is -2.16. The number of fused-ring (bicyclic) bond motifs is 2. The smallest absolute Gasteiger partial charge is 0.334 e. The largest absolute Gasteiger partial charge is 0.449 e. The van der Waals surface area contributed by atoms with Crippen molar-refractivity contribution < 1.29 is 9.53 Å². The maximum absolute atomic E-state index is 12.1. The Morgan fingerprint density at radius 3 is 2.35 bits per heavy atom. The number of esters is 1. The van der Waals surface area contributed by atoms with Gasteiger partial charge in [-0.3, -0.25) is 0 Å². The van der Waals surface area contributed by atoms with E-state index < -0.39 is 6.10 Å². The van der Waals surface area contributed by atoms with Crippen molar-refractivity contribution in [1.29, 1.82) is 0 Å². The third-order valence-corrected chi connectivity index (χ3v) is 4.33. The monoisotopic (exact) mass is 300 g/mol. The van der Waals surface area contributed by atoms with Gasteiger partial charge in [0.1, 0.15) is 0 Å². The van der Waals surface area contributed by atoms with Crippen molar-refractivity contribution in [2.45, 2.75) is 13.0 Å². The second kappa shape index (κ2) is 5.10. The van der Waals surface area contributed by atoms with E-state index in [-0.39, 0.29) is 5.97 Å². The Labute approximate surface area is 135 Å². The van der Waals surface area contributed by atoms with Crippen LogP contribution in [0, 0.1) is 0 Å². The lowest BCUT2D eigenvalue weighted by Gasteiger charge is -2.28. The minimum Gasteiger partial charge on any atom is -0.449 e. The van der Waals surface area contributed by atoms with Crippen molar-refractivity contribution in [3.05, 3.63) is 83.9 Å². The molecule has 1 aliphatic rings. The molecular formula is C21H16O2. The molecule has 1 aliphatic carbocycles. The van der Waals surface area contributed by atoms with E-state index in [4.69, 9.17) is 4.74 Å². The average molecular weight is 300 g/mol. The van der Waals surface area contributed by atoms with Gasteiger partial charge < -0.3 is 4.74 Å². The van der Waals surface area contributed by atoms with Crippen LogP contribution in [0.15, 0.2) is 72.8 Å². The molecular weight excluding hydrogens is 284 g/mol. The molecule has 3 aromatic rings. The minimum atomic E-state index is -0.394. The molecule has 0 radical (unpaired) electrons. The summed E-state index contributed by atoms with van der Waals surface area (Å²) >= 11 is 0. The van der Waals surface area contributed by atoms with Crippen molar-refractivity contribution in [2.24, 2.45) is 0 Å². The molecule has 1 atom stereocenters. The average Bonchev–Trinajstić information content (AvgIpc) is 2.58. The summed E-state index contributed by atoms with van der Waals surface area (Å²) in [6, 6.07) is 20.5. The third-order valence-electron chi connectivity index (χ3n) is 4.33. The predicted molar refractivity (Wildman–Crippen MR) is 92.1 cm³/mol. The van der Waals surface area contributed by atoms with Gasteiger partial charge >= 0.3 is 5.97 Å². The van der Waals surface area contributed by atoms with Gasteiger partial charge in [0.05, 0.1) is 0 Å². The second-order valence-electron chi connectivity index (χ2n) is 5.90. The summed E-state index contributed by atoms with van der Waals surface area (Å²) in [6.45, 7) is 5.37. The van der Waals surface area contributed by atoms with Crippen LogP contribution >= 0.6 is 0 Å². The molecule has 0 amide bonds. The van der Waals surface area contributed by atoms with E-state index >= 15 is 0 Å². The number of benzene rings is 3. The Hall–Kier alpha value is -2.87. The molecule has 3 aromatic carbocycles. The lowest BCUT2D eigenvalue weighted by atomic mass is 9.82. The first-order valence-electron chi connectivity index (χ1n) is 7.64. The van der Waals surface area contributed by atoms with Gasteiger partial charge in [0.15, 0.2) is 6.10 Å². The number of carbonyl (C=O) groups excluding carboxylic acids is 1. The Bertz CT molecular complexity index is 948. The first kappa shape index (κ1) is 13.8. The quantitative estimate of drug-likeness (QED) is 0.490. The van der Waals surface area contributed by atoms with E-state index in [1.54, 1.807) is 6.92 Å². The fourth-order valence-electron chi connectivity index (χ4n) is 3.29. The molecule has 0 bridgehead atoms. The highest BCUT2D eigenvalue weighted by Gasteiger charge is 2.29. The molecule has 0 aliphatic heterocycles. The molecule has 1 unspecified atom stereocenters. The van der Waals surface area contributed by atoms with Crippen LogP contribution in [0.1, 0.15) is 24.2 Å². The van der Waals surface area contributed by atoms with Gasteiger partial charge in [0, 0.05) is 16.7 Å². The zero-order valence-electron chi connectivity index (χ0n) is 12.9. The van der Waals surface area contributed by atoms with E-state index in [2.05, 4.69) is 36.9 Å². The summed E-state index contributed by atoms with van der Waals surface area (Å²) < 4.78 is 5.79. The van der Waals surface area contributed by atoms with E-state index in [0.717, 1.165) is 27.5 Å². The van der Waals surface area contributed by atoms with Gasteiger partial charge in [-0.1, -0.05) is 67.2 Å². The summed E-state index contributed by atoms with van der Waals surface area (Å²) in [5.74, 6) is -0.360. The molecule has 0 saturated carbocycles. The summed E-state index contributed by atoms with van der Waals surface area (Å²) in [7, 11) is 0. The molecule has 0 N–H and O–H groups in total. The summed E-state index contributed by atoms with van der Waals surface area (Å²) in [5.41, 5.74) is 4.78. The number of carbonyl (C=O) groups is 1. The predicted octanol–water partition coefficient (Wildman–Crippen LogP) is 5.03. The normalized spacial score (nSPS) is 15.1. The van der Waals surface area contributed by atoms with Crippen LogP contribution in [0.3, 0.4) is 0 Å². The summed E-state index contributed by atoms with van der Waals surface area (Å²) in [6.07, 6.45) is -0.394. The SMILES string of the molecule is C=C(C)C(=O)OC1c2ccccc2-c2cccc3cccc1c23. The van der Waals surface area contributed by atoms with Crippen molar-refractivity contribution in [2.75, 3.05) is 0 Å². The maximum Gasteiger partial charge on any atom is 0.334 e. The first-order chi connectivity index (χ1) is 11.2. The molecule has 2 heteroatoms. The molecule has 0 aromatic heterocycles. The van der Waals surface area contributed by atoms with E-state index in [9.17, 15) is 4.79 Å². The zero-order valence-corrected chi connectivity index (χ0v) is 12.9. The fraction of sp³-hybridized carbons (Fsp3) is 0.0952. The highest BCUT2D eigenvalue weighted by molar-refractivity contribution is 6.02. The van der Waals surface area contributed by atoms with Gasteiger partial charge in [-0.05, 0) is 28.8 Å². The van der Waals surface area contributed by atoms with Gasteiger partial charge in [-0.25, -0.2) is 4.79 Å². The molecule has 2 nitrogen and oxygen atoms in total. The third kappa shape index (κ3) is 2.07. The highest BCUT2D eigenvalue weighted by atomic mass is 16.5. The molecule has 0 spiro atoms. The molecule has 0 saturated heterocycles. The summed E-state index contributed by atoms with van der Waals surface area (Å²) in [4.78, 5) is 12.1. The van der Waals surface area contributed by atoms with Crippen LogP contribution in [0.2, 0.25) is 0 Å². The molecule has 0 heterocycles. The topological polar surface area (TPSA) is 26.3 Å². The molecule has 0 fully saturated rings. The zero-order chi connectivity index (χ0) is 16.0. The van der Waals surface area contributed by atoms with Crippen molar-refractivity contribution in [3.8, 4) is 11.1 Å². The van der Waals surface area contributed by atoms with Crippen LogP contribution in [0.4, 0.5) is 0 Å². The number of ether oxygens (including phenoxy) is 1. The van der Waals surface area contributed by atoms with E-state index in [1.807, 2.05) is 30.3 Å². The van der Waals surface area contributed by atoms with Crippen LogP contribution in [0.5, 0.6) is 0 Å². The Morgan fingerprint density at radius 2 is 1.57 bits per heavy atom. The summed E-state index contributed by atoms with van der Waals surface area (Å²) in [5, 5.41) is 2.32. The number of rotatable bonds is 2. The molecule has 112 valence electrons. The van der Waals surface area contributed by atoms with Crippen molar-refractivity contribution in [1.82, 2.24) is 0 Å². The van der Waals surface area contributed by atoms with Gasteiger partial charge in [-0.15, -0.1) is 0 Å². The van der Waals surface area contributed by atoms with Gasteiger partial charge in [-0.2, -0.15) is 0 Å². The van der Waals surface area contributed by atoms with Gasteiger partial charge in [0.25, 0.3) is 0 Å². The van der Waals surface area contributed by atoms with Crippen LogP contribution < -0.4 is 0 Å². The van der Waals surface area contributed by atoms with E-state index in [0.29, 0.717) is 5.57 Å². The van der Waals surface area contributed by atoms with Gasteiger partial charge in [0.2, 0.25) is 0 Å². The number of hydrogen-bond donors (Lipinski definition) is 0. The Balaban J connectivity index is 2.02. The van der Waals surface area contributed by atoms with Crippen LogP contribution in [0.25, 0.3) is 21.9 Å². The van der Waals surface area contributed by atoms with E-state index in [1.165, 1.54) is 5.56 Å². The molecule has 23 heavy (non-hydrogen) atoms. The van der Waals surface area contributed by atoms with Crippen molar-refractivity contribution in [3.63, 3.8) is 0 Å². The standard InChI is InChI=1S/C21H16O2/c1-13(2)21(22)23-20-17-10-4-3-9-15(17)16-11-5-7-14-8-6-12-18(20)19(14)16/h3-12,20H,1H2,2H3. The Kier molecular flexibility index (Phi) is 3.05.